The summed E-state index contributed by atoms with van der Waals surface area (Å²) < 4.78 is 16.1. The monoisotopic (exact) mass is 337 g/mol. The standard InChI is InChI=1S/C18H27NO5/c1-12-14(22-7)9-13(10-15(12)23-8)18(5,11-20)19(6)16(21)24-17(2,3)4/h9-11H,1-8H3. The second kappa shape index (κ2) is 7.11. The number of rotatable bonds is 5. The largest absolute Gasteiger partial charge is 0.496 e. The maximum atomic E-state index is 12.4. The number of hydrogen-bond acceptors (Lipinski definition) is 5. The van der Waals surface area contributed by atoms with Gasteiger partial charge in [-0.15, -0.1) is 0 Å². The van der Waals surface area contributed by atoms with Gasteiger partial charge in [-0.25, -0.2) is 4.79 Å². The summed E-state index contributed by atoms with van der Waals surface area (Å²) in [6.45, 7) is 8.82. The molecule has 0 heterocycles. The first-order valence-corrected chi connectivity index (χ1v) is 7.66. The van der Waals surface area contributed by atoms with Crippen LogP contribution in [0, 0.1) is 6.92 Å². The lowest BCUT2D eigenvalue weighted by molar-refractivity contribution is -0.117. The van der Waals surface area contributed by atoms with Gasteiger partial charge in [0.1, 0.15) is 28.9 Å². The molecule has 1 unspecified atom stereocenters. The van der Waals surface area contributed by atoms with Gasteiger partial charge in [0.05, 0.1) is 14.2 Å². The van der Waals surface area contributed by atoms with Crippen molar-refractivity contribution in [2.75, 3.05) is 21.3 Å². The van der Waals surface area contributed by atoms with Gasteiger partial charge < -0.3 is 19.0 Å². The second-order valence-corrected chi connectivity index (χ2v) is 6.81. The summed E-state index contributed by atoms with van der Waals surface area (Å²) in [7, 11) is 4.62. The van der Waals surface area contributed by atoms with Crippen LogP contribution in [0.4, 0.5) is 4.79 Å². The van der Waals surface area contributed by atoms with E-state index in [9.17, 15) is 9.59 Å². The fraction of sp³-hybridized carbons (Fsp3) is 0.556. The minimum Gasteiger partial charge on any atom is -0.496 e. The van der Waals surface area contributed by atoms with E-state index in [1.807, 2.05) is 6.92 Å². The van der Waals surface area contributed by atoms with Crippen molar-refractivity contribution in [3.05, 3.63) is 23.3 Å². The lowest BCUT2D eigenvalue weighted by Crippen LogP contribution is -2.48. The molecule has 24 heavy (non-hydrogen) atoms. The molecule has 0 aromatic heterocycles. The molecule has 0 saturated carbocycles. The number of ether oxygens (including phenoxy) is 3. The van der Waals surface area contributed by atoms with Gasteiger partial charge in [-0.2, -0.15) is 0 Å². The topological polar surface area (TPSA) is 65.1 Å². The maximum Gasteiger partial charge on any atom is 0.411 e. The SMILES string of the molecule is COc1cc(C(C)(C=O)N(C)C(=O)OC(C)(C)C)cc(OC)c1C. The number of aldehydes is 1. The molecule has 0 aliphatic carbocycles. The number of nitrogens with zero attached hydrogens (tertiary/aromatic N) is 1. The highest BCUT2D eigenvalue weighted by molar-refractivity contribution is 5.78. The fourth-order valence-electron chi connectivity index (χ4n) is 2.24. The zero-order valence-electron chi connectivity index (χ0n) is 15.7. The highest BCUT2D eigenvalue weighted by Crippen LogP contribution is 2.36. The van der Waals surface area contributed by atoms with E-state index in [1.54, 1.807) is 54.0 Å². The Morgan fingerprint density at radius 2 is 1.54 bits per heavy atom. The van der Waals surface area contributed by atoms with E-state index in [0.717, 1.165) is 5.56 Å². The first-order valence-electron chi connectivity index (χ1n) is 7.66. The van der Waals surface area contributed by atoms with Crippen molar-refractivity contribution in [3.63, 3.8) is 0 Å². The van der Waals surface area contributed by atoms with Crippen molar-refractivity contribution in [1.29, 1.82) is 0 Å². The van der Waals surface area contributed by atoms with E-state index in [-0.39, 0.29) is 0 Å². The van der Waals surface area contributed by atoms with Crippen LogP contribution in [-0.4, -0.2) is 44.1 Å². The zero-order chi connectivity index (χ0) is 18.7. The van der Waals surface area contributed by atoms with E-state index in [4.69, 9.17) is 14.2 Å². The van der Waals surface area contributed by atoms with Gasteiger partial charge in [-0.1, -0.05) is 0 Å². The minimum absolute atomic E-state index is 0.574. The third kappa shape index (κ3) is 3.99. The molecule has 0 N–H and O–H groups in total. The maximum absolute atomic E-state index is 12.4. The molecule has 0 aliphatic heterocycles. The first-order chi connectivity index (χ1) is 11.0. The molecule has 1 aromatic rings. The van der Waals surface area contributed by atoms with E-state index in [1.165, 1.54) is 11.9 Å². The molecule has 1 atom stereocenters. The summed E-state index contributed by atoms with van der Waals surface area (Å²) in [6.07, 6.45) is 0.121. The highest BCUT2D eigenvalue weighted by atomic mass is 16.6. The average molecular weight is 337 g/mol. The Labute approximate surface area is 143 Å². The van der Waals surface area contributed by atoms with Crippen LogP contribution in [0.15, 0.2) is 12.1 Å². The Balaban J connectivity index is 3.37. The predicted molar refractivity (Wildman–Crippen MR) is 91.7 cm³/mol. The second-order valence-electron chi connectivity index (χ2n) is 6.81. The predicted octanol–water partition coefficient (Wildman–Crippen LogP) is 3.29. The Bertz CT molecular complexity index is 595. The fourth-order valence-corrected chi connectivity index (χ4v) is 2.24. The number of carbonyl (C=O) groups excluding carboxylic acids is 2. The number of carbonyl (C=O) groups is 2. The molecule has 0 fully saturated rings. The Kier molecular flexibility index (Phi) is 5.87. The molecule has 1 rings (SSSR count). The highest BCUT2D eigenvalue weighted by Gasteiger charge is 2.37. The molecule has 0 spiro atoms. The van der Waals surface area contributed by atoms with Crippen molar-refractivity contribution < 1.29 is 23.8 Å². The van der Waals surface area contributed by atoms with Crippen LogP contribution in [0.1, 0.15) is 38.8 Å². The Morgan fingerprint density at radius 3 is 1.88 bits per heavy atom. The third-order valence-corrected chi connectivity index (χ3v) is 3.93. The number of methoxy groups -OCH3 is 2. The van der Waals surface area contributed by atoms with Gasteiger partial charge in [-0.05, 0) is 52.3 Å². The van der Waals surface area contributed by atoms with Crippen LogP contribution in [0.5, 0.6) is 11.5 Å². The molecule has 6 heteroatoms. The Morgan fingerprint density at radius 1 is 1.08 bits per heavy atom. The molecule has 6 nitrogen and oxygen atoms in total. The summed E-state index contributed by atoms with van der Waals surface area (Å²) in [6, 6.07) is 3.46. The summed E-state index contributed by atoms with van der Waals surface area (Å²) >= 11 is 0. The molecule has 0 bridgehead atoms. The van der Waals surface area contributed by atoms with Crippen molar-refractivity contribution in [2.24, 2.45) is 0 Å². The molecule has 0 radical (unpaired) electrons. The Hall–Kier alpha value is -2.24. The van der Waals surface area contributed by atoms with Gasteiger partial charge in [0.15, 0.2) is 0 Å². The summed E-state index contributed by atoms with van der Waals surface area (Å²) in [4.78, 5) is 25.6. The number of hydrogen-bond donors (Lipinski definition) is 0. The molecular weight excluding hydrogens is 310 g/mol. The average Bonchev–Trinajstić information content (AvgIpc) is 2.51. The van der Waals surface area contributed by atoms with Crippen molar-refractivity contribution in [3.8, 4) is 11.5 Å². The van der Waals surface area contributed by atoms with Crippen LogP contribution in [0.2, 0.25) is 0 Å². The minimum atomic E-state index is -1.23. The molecule has 0 aliphatic rings. The van der Waals surface area contributed by atoms with Crippen LogP contribution in [0.3, 0.4) is 0 Å². The van der Waals surface area contributed by atoms with Gasteiger partial charge in [0.2, 0.25) is 0 Å². The van der Waals surface area contributed by atoms with E-state index >= 15 is 0 Å². The van der Waals surface area contributed by atoms with Crippen LogP contribution in [0.25, 0.3) is 0 Å². The van der Waals surface area contributed by atoms with E-state index < -0.39 is 17.2 Å². The molecular formula is C18H27NO5. The summed E-state index contributed by atoms with van der Waals surface area (Å²) in [5, 5.41) is 0. The van der Waals surface area contributed by atoms with Gasteiger partial charge >= 0.3 is 6.09 Å². The van der Waals surface area contributed by atoms with Crippen molar-refractivity contribution in [2.45, 2.75) is 45.8 Å². The van der Waals surface area contributed by atoms with Crippen LogP contribution < -0.4 is 9.47 Å². The number of amides is 1. The number of benzene rings is 1. The van der Waals surface area contributed by atoms with Crippen molar-refractivity contribution in [1.82, 2.24) is 4.90 Å². The third-order valence-electron chi connectivity index (χ3n) is 3.93. The lowest BCUT2D eigenvalue weighted by Gasteiger charge is -2.36. The van der Waals surface area contributed by atoms with E-state index in [0.29, 0.717) is 23.3 Å². The molecule has 0 saturated heterocycles. The summed E-state index contributed by atoms with van der Waals surface area (Å²) in [5.74, 6) is 1.16. The lowest BCUT2D eigenvalue weighted by atomic mass is 9.90. The quantitative estimate of drug-likeness (QED) is 0.771. The van der Waals surface area contributed by atoms with Gasteiger partial charge in [-0.3, -0.25) is 4.90 Å². The molecule has 134 valence electrons. The van der Waals surface area contributed by atoms with Crippen molar-refractivity contribution >= 4 is 12.4 Å². The first kappa shape index (κ1) is 19.8. The van der Waals surface area contributed by atoms with Gasteiger partial charge in [0, 0.05) is 12.6 Å². The zero-order valence-corrected chi connectivity index (χ0v) is 15.7. The smallest absolute Gasteiger partial charge is 0.411 e. The van der Waals surface area contributed by atoms with Crippen LogP contribution in [-0.2, 0) is 15.1 Å². The normalized spacial score (nSPS) is 13.7. The number of likely N-dealkylation sites (N-methyl/N-ethyl adjacent to an activating group) is 1. The van der Waals surface area contributed by atoms with Crippen LogP contribution >= 0.6 is 0 Å². The van der Waals surface area contributed by atoms with E-state index in [2.05, 4.69) is 0 Å². The molecule has 1 aromatic carbocycles. The summed E-state index contributed by atoms with van der Waals surface area (Å²) in [5.41, 5.74) is -0.490. The van der Waals surface area contributed by atoms with Gasteiger partial charge in [0.25, 0.3) is 0 Å². The molecule has 1 amide bonds.